The number of aliphatic hydroxyl groups is 4. The number of phenolic OH excluding ortho intramolecular Hbond substituents is 3. The van der Waals surface area contributed by atoms with Crippen molar-refractivity contribution >= 4 is 23.0 Å². The molecule has 224 valence electrons. The number of rotatable bonds is 7. The summed E-state index contributed by atoms with van der Waals surface area (Å²) in [6, 6.07) is 13.8. The molecule has 1 fully saturated rings. The fourth-order valence-electron chi connectivity index (χ4n) is 4.42. The maximum absolute atomic E-state index is 13.5. The van der Waals surface area contributed by atoms with Gasteiger partial charge >= 0.3 is 5.97 Å². The molecule has 5 rings (SSSR count). The highest BCUT2D eigenvalue weighted by Gasteiger charge is 2.45. The van der Waals surface area contributed by atoms with E-state index in [1.807, 2.05) is 0 Å². The molecule has 1 aromatic heterocycles. The summed E-state index contributed by atoms with van der Waals surface area (Å²) in [5.41, 5.74) is -0.296. The summed E-state index contributed by atoms with van der Waals surface area (Å²) in [5, 5.41) is 69.5. The van der Waals surface area contributed by atoms with Gasteiger partial charge in [-0.15, -0.1) is 0 Å². The number of carbonyl (C=O) groups excluding carboxylic acids is 1. The van der Waals surface area contributed by atoms with E-state index in [4.69, 9.17) is 18.6 Å². The molecule has 1 aliphatic rings. The maximum atomic E-state index is 13.5. The minimum absolute atomic E-state index is 0.0809. The van der Waals surface area contributed by atoms with Crippen molar-refractivity contribution in [3.63, 3.8) is 0 Å². The lowest BCUT2D eigenvalue weighted by molar-refractivity contribution is -0.277. The molecule has 2 heterocycles. The Morgan fingerprint density at radius 3 is 2.26 bits per heavy atom. The minimum Gasteiger partial charge on any atom is -0.508 e. The largest absolute Gasteiger partial charge is 0.508 e. The Balaban J connectivity index is 1.47. The number of hydrogen-bond acceptors (Lipinski definition) is 13. The van der Waals surface area contributed by atoms with Crippen LogP contribution in [0.4, 0.5) is 0 Å². The second-order valence-electron chi connectivity index (χ2n) is 9.61. The first kappa shape index (κ1) is 29.6. The van der Waals surface area contributed by atoms with Crippen LogP contribution in [-0.4, -0.2) is 79.0 Å². The Labute approximate surface area is 242 Å². The topological polar surface area (TPSA) is 217 Å². The number of esters is 1. The van der Waals surface area contributed by atoms with Crippen LogP contribution in [0.25, 0.3) is 28.4 Å². The average molecular weight is 595 g/mol. The van der Waals surface area contributed by atoms with E-state index in [1.54, 1.807) is 12.1 Å². The number of hydrogen-bond donors (Lipinski definition) is 7. The lowest BCUT2D eigenvalue weighted by Crippen LogP contribution is -2.60. The first-order valence-electron chi connectivity index (χ1n) is 12.8. The van der Waals surface area contributed by atoms with Crippen LogP contribution in [-0.2, 0) is 9.53 Å². The number of fused-ring (bicyclic) bond motifs is 1. The fraction of sp³-hybridized carbons (Fsp3) is 0.200. The Morgan fingerprint density at radius 1 is 0.884 bits per heavy atom. The van der Waals surface area contributed by atoms with Crippen molar-refractivity contribution in [3.05, 3.63) is 82.5 Å². The molecule has 43 heavy (non-hydrogen) atoms. The van der Waals surface area contributed by atoms with Crippen LogP contribution < -0.4 is 14.9 Å². The third kappa shape index (κ3) is 6.16. The number of ether oxygens (including phenoxy) is 3. The van der Waals surface area contributed by atoms with Gasteiger partial charge in [0.1, 0.15) is 58.4 Å². The highest BCUT2D eigenvalue weighted by molar-refractivity contribution is 5.89. The molecule has 0 spiro atoms. The molecule has 0 amide bonds. The van der Waals surface area contributed by atoms with Gasteiger partial charge in [0.25, 0.3) is 0 Å². The number of benzene rings is 3. The quantitative estimate of drug-likeness (QED) is 0.0915. The van der Waals surface area contributed by atoms with E-state index in [0.29, 0.717) is 5.56 Å². The molecule has 13 nitrogen and oxygen atoms in total. The molecule has 3 aromatic carbocycles. The third-order valence-electron chi connectivity index (χ3n) is 6.64. The van der Waals surface area contributed by atoms with Crippen molar-refractivity contribution in [1.82, 2.24) is 0 Å². The molecular weight excluding hydrogens is 568 g/mol. The van der Waals surface area contributed by atoms with Crippen LogP contribution in [0.15, 0.2) is 76.0 Å². The van der Waals surface area contributed by atoms with Crippen LogP contribution in [0.5, 0.6) is 28.7 Å². The molecule has 0 bridgehead atoms. The average Bonchev–Trinajstić information content (AvgIpc) is 2.98. The van der Waals surface area contributed by atoms with Crippen molar-refractivity contribution in [2.24, 2.45) is 0 Å². The summed E-state index contributed by atoms with van der Waals surface area (Å²) in [6.07, 6.45) is -5.73. The summed E-state index contributed by atoms with van der Waals surface area (Å²) in [5.74, 6) is -2.34. The Bertz CT molecular complexity index is 1710. The smallest absolute Gasteiger partial charge is 0.336 e. The van der Waals surface area contributed by atoms with Gasteiger partial charge in [0.05, 0.1) is 6.61 Å². The second-order valence-corrected chi connectivity index (χ2v) is 9.61. The molecule has 4 aromatic rings. The molecule has 0 aliphatic carbocycles. The summed E-state index contributed by atoms with van der Waals surface area (Å²) in [6.45, 7) is -0.742. The number of aliphatic hydroxyl groups excluding tert-OH is 4. The Hall–Kier alpha value is -4.92. The zero-order valence-corrected chi connectivity index (χ0v) is 22.1. The first-order valence-corrected chi connectivity index (χ1v) is 12.8. The number of aromatic hydroxyl groups is 3. The monoisotopic (exact) mass is 594 g/mol. The van der Waals surface area contributed by atoms with Crippen LogP contribution in [0.2, 0.25) is 0 Å². The predicted molar refractivity (Wildman–Crippen MR) is 148 cm³/mol. The maximum Gasteiger partial charge on any atom is 0.336 e. The van der Waals surface area contributed by atoms with Gasteiger partial charge in [-0.25, -0.2) is 4.79 Å². The van der Waals surface area contributed by atoms with Gasteiger partial charge in [0.2, 0.25) is 17.5 Å². The van der Waals surface area contributed by atoms with E-state index in [1.165, 1.54) is 48.6 Å². The summed E-state index contributed by atoms with van der Waals surface area (Å²) in [4.78, 5) is 25.8. The van der Waals surface area contributed by atoms with E-state index in [-0.39, 0.29) is 33.8 Å². The first-order chi connectivity index (χ1) is 20.5. The van der Waals surface area contributed by atoms with Crippen molar-refractivity contribution in [3.8, 4) is 40.1 Å². The minimum atomic E-state index is -1.86. The standard InChI is InChI=1S/C30H26O13/c31-13-21-24(36)26(38)27(39)30(42-21)43-29-25(37)23-19(34)11-17(33)12-20(23)41-28(29)15-4-8-18(9-5-15)40-22(35)10-3-14-1-6-16(32)7-2-14/h1-12,21,24,26-27,30-34,36,38-39H,13H2/b10-3+/t21-,24-,26+,27-,30+/m1/s1. The highest BCUT2D eigenvalue weighted by Crippen LogP contribution is 2.37. The number of phenols is 3. The van der Waals surface area contributed by atoms with Gasteiger partial charge in [0, 0.05) is 23.8 Å². The Morgan fingerprint density at radius 2 is 1.58 bits per heavy atom. The molecule has 1 saturated heterocycles. The second kappa shape index (κ2) is 12.1. The van der Waals surface area contributed by atoms with E-state index in [2.05, 4.69) is 0 Å². The van der Waals surface area contributed by atoms with Crippen LogP contribution in [0.3, 0.4) is 0 Å². The zero-order valence-electron chi connectivity index (χ0n) is 22.1. The molecule has 13 heteroatoms. The SMILES string of the molecule is O=C(/C=C/c1ccc(O)cc1)Oc1ccc(-c2oc3cc(O)cc(O)c3c(=O)c2O[C@@H]2O[C@H](CO)[C@@H](O)[C@H](O)[C@H]2O)cc1. The summed E-state index contributed by atoms with van der Waals surface area (Å²) in [7, 11) is 0. The van der Waals surface area contributed by atoms with Gasteiger partial charge in [-0.05, 0) is 48.0 Å². The van der Waals surface area contributed by atoms with Gasteiger partial charge in [0.15, 0.2) is 5.76 Å². The van der Waals surface area contributed by atoms with Crippen molar-refractivity contribution in [2.75, 3.05) is 6.61 Å². The van der Waals surface area contributed by atoms with E-state index in [9.17, 15) is 45.3 Å². The van der Waals surface area contributed by atoms with E-state index in [0.717, 1.165) is 12.1 Å². The van der Waals surface area contributed by atoms with Crippen molar-refractivity contribution in [1.29, 1.82) is 0 Å². The summed E-state index contributed by atoms with van der Waals surface area (Å²) < 4.78 is 22.2. The fourth-order valence-corrected chi connectivity index (χ4v) is 4.42. The predicted octanol–water partition coefficient (Wildman–Crippen LogP) is 1.37. The number of carbonyl (C=O) groups is 1. The van der Waals surface area contributed by atoms with E-state index >= 15 is 0 Å². The van der Waals surface area contributed by atoms with Crippen LogP contribution >= 0.6 is 0 Å². The zero-order chi connectivity index (χ0) is 30.8. The van der Waals surface area contributed by atoms with Gasteiger partial charge in [-0.2, -0.15) is 0 Å². The molecule has 5 atom stereocenters. The Kier molecular flexibility index (Phi) is 8.34. The van der Waals surface area contributed by atoms with E-state index < -0.39 is 66.0 Å². The van der Waals surface area contributed by atoms with Gasteiger partial charge in [-0.1, -0.05) is 12.1 Å². The molecule has 7 N–H and O–H groups in total. The summed E-state index contributed by atoms with van der Waals surface area (Å²) >= 11 is 0. The van der Waals surface area contributed by atoms with Crippen LogP contribution in [0.1, 0.15) is 5.56 Å². The van der Waals surface area contributed by atoms with Gasteiger partial charge in [-0.3, -0.25) is 4.79 Å². The third-order valence-corrected chi connectivity index (χ3v) is 6.64. The molecule has 1 aliphatic heterocycles. The van der Waals surface area contributed by atoms with Gasteiger partial charge < -0.3 is 54.4 Å². The highest BCUT2D eigenvalue weighted by atomic mass is 16.7. The molecular formula is C30H26O13. The van der Waals surface area contributed by atoms with Crippen molar-refractivity contribution < 1.29 is 59.2 Å². The molecule has 0 unspecified atom stereocenters. The molecule has 0 radical (unpaired) electrons. The molecule has 0 saturated carbocycles. The van der Waals surface area contributed by atoms with Crippen molar-refractivity contribution in [2.45, 2.75) is 30.7 Å². The normalized spacial score (nSPS) is 22.1. The lowest BCUT2D eigenvalue weighted by Gasteiger charge is -2.39. The lowest BCUT2D eigenvalue weighted by atomic mass is 9.99. The van der Waals surface area contributed by atoms with Crippen LogP contribution in [0, 0.1) is 0 Å².